The third kappa shape index (κ3) is 5.28. The van der Waals surface area contributed by atoms with E-state index in [1.54, 1.807) is 32.9 Å². The molecule has 0 aliphatic heterocycles. The highest BCUT2D eigenvalue weighted by Gasteiger charge is 2.39. The summed E-state index contributed by atoms with van der Waals surface area (Å²) in [5, 5.41) is 0.229. The molecule has 34 heavy (non-hydrogen) atoms. The summed E-state index contributed by atoms with van der Waals surface area (Å²) in [5.74, 6) is -2.09. The van der Waals surface area contributed by atoms with E-state index in [0.717, 1.165) is 19.2 Å². The highest BCUT2D eigenvalue weighted by Crippen LogP contribution is 2.42. The summed E-state index contributed by atoms with van der Waals surface area (Å²) in [6.07, 6.45) is -9.36. The van der Waals surface area contributed by atoms with Gasteiger partial charge in [-0.2, -0.15) is 26.3 Å². The second-order valence-corrected chi connectivity index (χ2v) is 9.33. The molecule has 0 N–H and O–H groups in total. The van der Waals surface area contributed by atoms with Crippen molar-refractivity contribution in [3.8, 4) is 5.75 Å². The smallest absolute Gasteiger partial charge is 0.418 e. The predicted octanol–water partition coefficient (Wildman–Crippen LogP) is 8.06. The zero-order valence-corrected chi connectivity index (χ0v) is 19.2. The maximum atomic E-state index is 13.8. The molecule has 0 bridgehead atoms. The number of aromatic nitrogens is 1. The molecule has 0 spiro atoms. The normalized spacial score (nSPS) is 13.9. The van der Waals surface area contributed by atoms with Gasteiger partial charge >= 0.3 is 12.4 Å². The first-order chi connectivity index (χ1) is 15.5. The van der Waals surface area contributed by atoms with E-state index in [4.69, 9.17) is 4.74 Å². The standard InChI is InChI=1S/C25H24F7NO/c1-13(21-17(24(27,28)29)11-16(26)12-20(21)34-5)8-14-6-7-19-15(9-14)10-18(25(30,31)32)22(33-19)23(2,3)4/h6-7,9-13H,8H2,1-5H3. The Labute approximate surface area is 192 Å². The van der Waals surface area contributed by atoms with E-state index in [1.807, 2.05) is 0 Å². The summed E-state index contributed by atoms with van der Waals surface area (Å²) in [6.45, 7) is 6.44. The number of hydrogen-bond acceptors (Lipinski definition) is 2. The van der Waals surface area contributed by atoms with Crippen molar-refractivity contribution in [1.82, 2.24) is 4.98 Å². The summed E-state index contributed by atoms with van der Waals surface area (Å²) in [7, 11) is 1.15. The molecule has 0 amide bonds. The molecule has 1 atom stereocenters. The van der Waals surface area contributed by atoms with E-state index in [2.05, 4.69) is 4.98 Å². The van der Waals surface area contributed by atoms with Gasteiger partial charge in [0.05, 0.1) is 29.4 Å². The molecular weight excluding hydrogens is 463 g/mol. The van der Waals surface area contributed by atoms with Gasteiger partial charge in [0.25, 0.3) is 0 Å². The first-order valence-corrected chi connectivity index (χ1v) is 10.5. The van der Waals surface area contributed by atoms with Crippen LogP contribution in [-0.4, -0.2) is 12.1 Å². The lowest BCUT2D eigenvalue weighted by atomic mass is 9.86. The molecule has 1 unspecified atom stereocenters. The molecule has 0 fully saturated rings. The van der Waals surface area contributed by atoms with Crippen LogP contribution in [0, 0.1) is 5.82 Å². The van der Waals surface area contributed by atoms with E-state index < -0.39 is 40.6 Å². The van der Waals surface area contributed by atoms with Gasteiger partial charge in [0.1, 0.15) is 11.6 Å². The maximum absolute atomic E-state index is 13.8. The monoisotopic (exact) mass is 487 g/mol. The average Bonchev–Trinajstić information content (AvgIpc) is 2.69. The van der Waals surface area contributed by atoms with E-state index >= 15 is 0 Å². The fourth-order valence-electron chi connectivity index (χ4n) is 4.10. The number of alkyl halides is 6. The lowest BCUT2D eigenvalue weighted by Gasteiger charge is -2.24. The Balaban J connectivity index is 2.09. The van der Waals surface area contributed by atoms with Crippen LogP contribution >= 0.6 is 0 Å². The van der Waals surface area contributed by atoms with Gasteiger partial charge in [-0.1, -0.05) is 33.8 Å². The highest BCUT2D eigenvalue weighted by molar-refractivity contribution is 5.81. The van der Waals surface area contributed by atoms with Gasteiger partial charge in [0.15, 0.2) is 0 Å². The molecule has 0 aliphatic carbocycles. The van der Waals surface area contributed by atoms with Gasteiger partial charge in [-0.05, 0) is 42.2 Å². The fourth-order valence-corrected chi connectivity index (χ4v) is 4.10. The zero-order chi connectivity index (χ0) is 25.6. The Morgan fingerprint density at radius 1 is 0.882 bits per heavy atom. The van der Waals surface area contributed by atoms with Crippen LogP contribution in [-0.2, 0) is 24.2 Å². The molecule has 1 aromatic heterocycles. The molecule has 0 aliphatic rings. The topological polar surface area (TPSA) is 22.1 Å². The molecule has 2 aromatic carbocycles. The van der Waals surface area contributed by atoms with E-state index in [-0.39, 0.29) is 28.8 Å². The van der Waals surface area contributed by atoms with Crippen molar-refractivity contribution < 1.29 is 35.5 Å². The molecule has 2 nitrogen and oxygen atoms in total. The van der Waals surface area contributed by atoms with Crippen LogP contribution in [0.3, 0.4) is 0 Å². The first kappa shape index (κ1) is 25.8. The second kappa shape index (κ2) is 8.74. The van der Waals surface area contributed by atoms with Gasteiger partial charge < -0.3 is 4.74 Å². The Kier molecular flexibility index (Phi) is 6.63. The minimum Gasteiger partial charge on any atom is -0.496 e. The van der Waals surface area contributed by atoms with Crippen LogP contribution < -0.4 is 4.74 Å². The first-order valence-electron chi connectivity index (χ1n) is 10.5. The molecule has 3 aromatic rings. The van der Waals surface area contributed by atoms with Crippen molar-refractivity contribution in [2.45, 2.75) is 57.8 Å². The summed E-state index contributed by atoms with van der Waals surface area (Å²) in [4.78, 5) is 4.24. The second-order valence-electron chi connectivity index (χ2n) is 9.33. The van der Waals surface area contributed by atoms with Gasteiger partial charge in [0, 0.05) is 22.4 Å². The fraction of sp³-hybridized carbons (Fsp3) is 0.400. The Morgan fingerprint density at radius 2 is 1.50 bits per heavy atom. The molecule has 184 valence electrons. The number of halogens is 7. The number of fused-ring (bicyclic) bond motifs is 1. The van der Waals surface area contributed by atoms with Gasteiger partial charge in [-0.25, -0.2) is 4.39 Å². The number of hydrogen-bond donors (Lipinski definition) is 0. The van der Waals surface area contributed by atoms with Crippen LogP contribution in [0.5, 0.6) is 5.75 Å². The molecule has 0 radical (unpaired) electrons. The quantitative estimate of drug-likeness (QED) is 0.347. The lowest BCUT2D eigenvalue weighted by Crippen LogP contribution is -2.21. The van der Waals surface area contributed by atoms with Gasteiger partial charge in [-0.3, -0.25) is 4.98 Å². The molecule has 0 saturated carbocycles. The summed E-state index contributed by atoms with van der Waals surface area (Å²) in [5.41, 5.74) is -2.28. The number of pyridine rings is 1. The van der Waals surface area contributed by atoms with E-state index in [0.29, 0.717) is 17.1 Å². The molecular formula is C25H24F7NO. The summed E-state index contributed by atoms with van der Waals surface area (Å²) < 4.78 is 101. The number of ether oxygens (including phenoxy) is 1. The van der Waals surface area contributed by atoms with Crippen molar-refractivity contribution in [1.29, 1.82) is 0 Å². The van der Waals surface area contributed by atoms with Crippen molar-refractivity contribution >= 4 is 10.9 Å². The Hall–Kier alpha value is -2.84. The number of benzene rings is 2. The third-order valence-corrected chi connectivity index (χ3v) is 5.56. The Morgan fingerprint density at radius 3 is 2.03 bits per heavy atom. The minimum absolute atomic E-state index is 0.0589. The SMILES string of the molecule is COc1cc(F)cc(C(F)(F)F)c1C(C)Cc1ccc2nc(C(C)(C)C)c(C(F)(F)F)cc2c1. The van der Waals surface area contributed by atoms with Crippen LogP contribution in [0.1, 0.15) is 61.6 Å². The van der Waals surface area contributed by atoms with Gasteiger partial charge in [-0.15, -0.1) is 0 Å². The average molecular weight is 487 g/mol. The maximum Gasteiger partial charge on any atom is 0.418 e. The van der Waals surface area contributed by atoms with Gasteiger partial charge in [0.2, 0.25) is 0 Å². The van der Waals surface area contributed by atoms with E-state index in [9.17, 15) is 30.7 Å². The highest BCUT2D eigenvalue weighted by atomic mass is 19.4. The van der Waals surface area contributed by atoms with Crippen molar-refractivity contribution in [2.24, 2.45) is 0 Å². The van der Waals surface area contributed by atoms with Crippen LogP contribution in [0.4, 0.5) is 30.7 Å². The predicted molar refractivity (Wildman–Crippen MR) is 116 cm³/mol. The molecule has 9 heteroatoms. The lowest BCUT2D eigenvalue weighted by molar-refractivity contribution is -0.139. The molecule has 0 saturated heterocycles. The van der Waals surface area contributed by atoms with Crippen LogP contribution in [0.15, 0.2) is 36.4 Å². The third-order valence-electron chi connectivity index (χ3n) is 5.56. The van der Waals surface area contributed by atoms with Crippen molar-refractivity contribution in [2.75, 3.05) is 7.11 Å². The molecule has 1 heterocycles. The van der Waals surface area contributed by atoms with Crippen LogP contribution in [0.25, 0.3) is 10.9 Å². The number of nitrogens with zero attached hydrogens (tertiary/aromatic N) is 1. The van der Waals surface area contributed by atoms with Crippen LogP contribution in [0.2, 0.25) is 0 Å². The summed E-state index contributed by atoms with van der Waals surface area (Å²) >= 11 is 0. The summed E-state index contributed by atoms with van der Waals surface area (Å²) in [6, 6.07) is 6.99. The van der Waals surface area contributed by atoms with Crippen molar-refractivity contribution in [3.05, 3.63) is 70.2 Å². The number of methoxy groups -OCH3 is 1. The van der Waals surface area contributed by atoms with E-state index in [1.165, 1.54) is 13.0 Å². The van der Waals surface area contributed by atoms with Crippen molar-refractivity contribution in [3.63, 3.8) is 0 Å². The molecule has 3 rings (SSSR count). The Bertz CT molecular complexity index is 1210. The largest absolute Gasteiger partial charge is 0.496 e. The minimum atomic E-state index is -4.81. The number of rotatable bonds is 4. The zero-order valence-electron chi connectivity index (χ0n) is 19.2.